The van der Waals surface area contributed by atoms with E-state index in [0.29, 0.717) is 0 Å². The Morgan fingerprint density at radius 1 is 1.22 bits per heavy atom. The predicted octanol–water partition coefficient (Wildman–Crippen LogP) is 2.78. The van der Waals surface area contributed by atoms with Crippen LogP contribution in [-0.2, 0) is 6.18 Å². The largest absolute Gasteiger partial charge is 0.433 e. The number of nitrogens with one attached hydrogen (secondary N) is 1. The first-order valence-electron chi connectivity index (χ1n) is 6.03. The molecule has 3 N–H and O–H groups in total. The number of hydrogen-bond acceptors (Lipinski definition) is 3. The molecule has 0 bridgehead atoms. The summed E-state index contributed by atoms with van der Waals surface area (Å²) in [6.45, 7) is 0. The van der Waals surface area contributed by atoms with E-state index in [1.807, 2.05) is 0 Å². The van der Waals surface area contributed by atoms with Gasteiger partial charge in [0.15, 0.2) is 0 Å². The predicted molar refractivity (Wildman–Crippen MR) is 63.1 cm³/mol. The van der Waals surface area contributed by atoms with Gasteiger partial charge in [-0.3, -0.25) is 0 Å². The minimum atomic E-state index is -4.41. The number of nitrogens with two attached hydrogens (primary N) is 1. The van der Waals surface area contributed by atoms with Gasteiger partial charge in [0.05, 0.1) is 0 Å². The Hall–Kier alpha value is -1.30. The summed E-state index contributed by atoms with van der Waals surface area (Å²) in [4.78, 5) is 3.58. The molecular formula is C12H16F3N3. The molecule has 0 amide bonds. The number of hydrogen-bond donors (Lipinski definition) is 2. The first kappa shape index (κ1) is 13.1. The summed E-state index contributed by atoms with van der Waals surface area (Å²) in [6, 6.07) is 3.85. The molecule has 1 aromatic rings. The normalized spacial score (nSPS) is 24.9. The van der Waals surface area contributed by atoms with E-state index < -0.39 is 11.9 Å². The van der Waals surface area contributed by atoms with Gasteiger partial charge >= 0.3 is 6.18 Å². The minimum Gasteiger partial charge on any atom is -0.366 e. The number of rotatable bonds is 2. The van der Waals surface area contributed by atoms with Crippen LogP contribution >= 0.6 is 0 Å². The molecule has 1 heterocycles. The SMILES string of the molecule is NC1CCCCC1Nc1cccc(C(F)(F)F)n1. The van der Waals surface area contributed by atoms with Gasteiger partial charge in [0.25, 0.3) is 0 Å². The van der Waals surface area contributed by atoms with Gasteiger partial charge in [0, 0.05) is 12.1 Å². The summed E-state index contributed by atoms with van der Waals surface area (Å²) in [5, 5.41) is 3.01. The summed E-state index contributed by atoms with van der Waals surface area (Å²) in [5.41, 5.74) is 5.06. The zero-order valence-electron chi connectivity index (χ0n) is 9.87. The van der Waals surface area contributed by atoms with Crippen LogP contribution in [0.25, 0.3) is 0 Å². The summed E-state index contributed by atoms with van der Waals surface area (Å²) >= 11 is 0. The molecule has 2 atom stereocenters. The Morgan fingerprint density at radius 3 is 2.61 bits per heavy atom. The Morgan fingerprint density at radius 2 is 1.94 bits per heavy atom. The van der Waals surface area contributed by atoms with E-state index in [1.165, 1.54) is 12.1 Å². The van der Waals surface area contributed by atoms with Crippen LogP contribution < -0.4 is 11.1 Å². The molecule has 18 heavy (non-hydrogen) atoms. The Bertz CT molecular complexity index is 406. The topological polar surface area (TPSA) is 50.9 Å². The van der Waals surface area contributed by atoms with E-state index in [2.05, 4.69) is 10.3 Å². The van der Waals surface area contributed by atoms with E-state index >= 15 is 0 Å². The second-order valence-electron chi connectivity index (χ2n) is 4.60. The van der Waals surface area contributed by atoms with Crippen LogP contribution in [0.2, 0.25) is 0 Å². The van der Waals surface area contributed by atoms with E-state index in [-0.39, 0.29) is 17.9 Å². The maximum Gasteiger partial charge on any atom is 0.433 e. The summed E-state index contributed by atoms with van der Waals surface area (Å²) in [5.74, 6) is 0.243. The average Bonchev–Trinajstić information content (AvgIpc) is 2.31. The molecule has 1 fully saturated rings. The Labute approximate surface area is 104 Å². The molecule has 100 valence electrons. The fourth-order valence-electron chi connectivity index (χ4n) is 2.20. The molecule has 2 rings (SSSR count). The van der Waals surface area contributed by atoms with Crippen LogP contribution in [0.4, 0.5) is 19.0 Å². The molecule has 1 aliphatic carbocycles. The standard InChI is InChI=1S/C12H16F3N3/c13-12(14,15)10-6-3-7-11(18-10)17-9-5-2-1-4-8(9)16/h3,6-9H,1-2,4-5,16H2,(H,17,18). The van der Waals surface area contributed by atoms with Crippen molar-refractivity contribution >= 4 is 5.82 Å². The van der Waals surface area contributed by atoms with Crippen molar-refractivity contribution in [2.24, 2.45) is 5.73 Å². The van der Waals surface area contributed by atoms with Crippen LogP contribution in [-0.4, -0.2) is 17.1 Å². The number of alkyl halides is 3. The van der Waals surface area contributed by atoms with Crippen molar-refractivity contribution in [2.45, 2.75) is 43.9 Å². The molecule has 3 nitrogen and oxygen atoms in total. The maximum absolute atomic E-state index is 12.5. The number of halogens is 3. The van der Waals surface area contributed by atoms with Gasteiger partial charge in [-0.2, -0.15) is 13.2 Å². The zero-order valence-corrected chi connectivity index (χ0v) is 9.87. The second kappa shape index (κ2) is 5.14. The molecular weight excluding hydrogens is 243 g/mol. The lowest BCUT2D eigenvalue weighted by Crippen LogP contribution is -2.42. The lowest BCUT2D eigenvalue weighted by atomic mass is 9.91. The van der Waals surface area contributed by atoms with Crippen molar-refractivity contribution in [3.05, 3.63) is 23.9 Å². The van der Waals surface area contributed by atoms with Gasteiger partial charge in [0.1, 0.15) is 11.5 Å². The van der Waals surface area contributed by atoms with Gasteiger partial charge in [-0.15, -0.1) is 0 Å². The van der Waals surface area contributed by atoms with Crippen molar-refractivity contribution < 1.29 is 13.2 Å². The number of pyridine rings is 1. The minimum absolute atomic E-state index is 0.00901. The highest BCUT2D eigenvalue weighted by molar-refractivity contribution is 5.37. The molecule has 6 heteroatoms. The van der Waals surface area contributed by atoms with Gasteiger partial charge in [-0.05, 0) is 25.0 Å². The molecule has 0 radical (unpaired) electrons. The third kappa shape index (κ3) is 3.13. The molecule has 1 aliphatic rings. The van der Waals surface area contributed by atoms with Crippen molar-refractivity contribution in [3.8, 4) is 0 Å². The highest BCUT2D eigenvalue weighted by Crippen LogP contribution is 2.28. The van der Waals surface area contributed by atoms with E-state index in [4.69, 9.17) is 5.73 Å². The Balaban J connectivity index is 2.09. The zero-order chi connectivity index (χ0) is 13.2. The van der Waals surface area contributed by atoms with Gasteiger partial charge in [-0.1, -0.05) is 18.9 Å². The lowest BCUT2D eigenvalue weighted by molar-refractivity contribution is -0.141. The highest BCUT2D eigenvalue weighted by Gasteiger charge is 2.32. The fourth-order valence-corrected chi connectivity index (χ4v) is 2.20. The smallest absolute Gasteiger partial charge is 0.366 e. The van der Waals surface area contributed by atoms with Crippen LogP contribution in [0.5, 0.6) is 0 Å². The van der Waals surface area contributed by atoms with Gasteiger partial charge < -0.3 is 11.1 Å². The van der Waals surface area contributed by atoms with E-state index in [0.717, 1.165) is 31.7 Å². The average molecular weight is 259 g/mol. The molecule has 1 aromatic heterocycles. The third-order valence-corrected chi connectivity index (χ3v) is 3.19. The van der Waals surface area contributed by atoms with Gasteiger partial charge in [0.2, 0.25) is 0 Å². The summed E-state index contributed by atoms with van der Waals surface area (Å²) in [7, 11) is 0. The van der Waals surface area contributed by atoms with Gasteiger partial charge in [-0.25, -0.2) is 4.98 Å². The van der Waals surface area contributed by atoms with Crippen LogP contribution in [0, 0.1) is 0 Å². The monoisotopic (exact) mass is 259 g/mol. The number of anilines is 1. The highest BCUT2D eigenvalue weighted by atomic mass is 19.4. The van der Waals surface area contributed by atoms with Crippen LogP contribution in [0.3, 0.4) is 0 Å². The summed E-state index contributed by atoms with van der Waals surface area (Å²) < 4.78 is 37.5. The number of nitrogens with zero attached hydrogens (tertiary/aromatic N) is 1. The molecule has 0 aliphatic heterocycles. The fraction of sp³-hybridized carbons (Fsp3) is 0.583. The second-order valence-corrected chi connectivity index (χ2v) is 4.60. The lowest BCUT2D eigenvalue weighted by Gasteiger charge is -2.29. The quantitative estimate of drug-likeness (QED) is 0.858. The maximum atomic E-state index is 12.5. The van der Waals surface area contributed by atoms with Crippen LogP contribution in [0.1, 0.15) is 31.4 Å². The molecule has 1 saturated carbocycles. The van der Waals surface area contributed by atoms with Crippen LogP contribution in [0.15, 0.2) is 18.2 Å². The van der Waals surface area contributed by atoms with Crippen molar-refractivity contribution in [1.82, 2.24) is 4.98 Å². The van der Waals surface area contributed by atoms with Crippen molar-refractivity contribution in [2.75, 3.05) is 5.32 Å². The van der Waals surface area contributed by atoms with Crippen molar-refractivity contribution in [3.63, 3.8) is 0 Å². The van der Waals surface area contributed by atoms with E-state index in [9.17, 15) is 13.2 Å². The molecule has 0 spiro atoms. The Kier molecular flexibility index (Phi) is 3.75. The first-order valence-corrected chi connectivity index (χ1v) is 6.03. The van der Waals surface area contributed by atoms with Crippen molar-refractivity contribution in [1.29, 1.82) is 0 Å². The number of aromatic nitrogens is 1. The van der Waals surface area contributed by atoms with E-state index in [1.54, 1.807) is 0 Å². The first-order chi connectivity index (χ1) is 8.47. The third-order valence-electron chi connectivity index (χ3n) is 3.19. The molecule has 2 unspecified atom stereocenters. The summed E-state index contributed by atoms with van der Waals surface area (Å²) in [6.07, 6.45) is -0.512. The molecule has 0 saturated heterocycles. The molecule has 0 aromatic carbocycles.